The van der Waals surface area contributed by atoms with Crippen LogP contribution in [0.3, 0.4) is 0 Å². The molecule has 3 aromatic rings. The number of benzene rings is 1. The lowest BCUT2D eigenvalue weighted by Crippen LogP contribution is -2.56. The second-order valence-corrected chi connectivity index (χ2v) is 5.10. The maximum atomic E-state index is 12.5. The largest absolute Gasteiger partial charge is 0.367 e. The number of hydrogen-bond donors (Lipinski definition) is 0. The van der Waals surface area contributed by atoms with Crippen molar-refractivity contribution in [1.29, 1.82) is 0 Å². The van der Waals surface area contributed by atoms with Crippen molar-refractivity contribution in [2.24, 2.45) is 0 Å². The van der Waals surface area contributed by atoms with E-state index in [1.54, 1.807) is 27.7 Å². The van der Waals surface area contributed by atoms with E-state index in [9.17, 15) is 9.59 Å². The molecule has 5 nitrogen and oxygen atoms in total. The predicted octanol–water partition coefficient (Wildman–Crippen LogP) is -0.590. The number of aromatic nitrogens is 3. The molecule has 2 aliphatic rings. The molecule has 2 aliphatic heterocycles. The molecule has 0 saturated carbocycles. The van der Waals surface area contributed by atoms with Crippen LogP contribution in [0.4, 0.5) is 0 Å². The van der Waals surface area contributed by atoms with Gasteiger partial charge in [-0.15, -0.1) is 0 Å². The number of hydrogen-bond acceptors (Lipinski definition) is 2. The lowest BCUT2D eigenvalue weighted by Gasteiger charge is -2.21. The highest BCUT2D eigenvalue weighted by atomic mass is 16.2. The predicted molar refractivity (Wildman–Crippen MR) is 74.6 cm³/mol. The summed E-state index contributed by atoms with van der Waals surface area (Å²) >= 11 is 0. The summed E-state index contributed by atoms with van der Waals surface area (Å²) in [5.74, 6) is -0.0306. The van der Waals surface area contributed by atoms with Crippen molar-refractivity contribution in [3.8, 4) is 5.69 Å². The SMILES string of the molecule is O=C1c2ccccc2B2c3c(ccn31)-n1c(=O)ccn12. The molecule has 0 fully saturated rings. The summed E-state index contributed by atoms with van der Waals surface area (Å²) in [5.41, 5.74) is 3.26. The monoisotopic (exact) mass is 261 g/mol. The minimum atomic E-state index is -0.100. The molecule has 0 aliphatic carbocycles. The molecular weight excluding hydrogens is 253 g/mol. The van der Waals surface area contributed by atoms with Crippen LogP contribution in [-0.4, -0.2) is 26.6 Å². The highest BCUT2D eigenvalue weighted by Crippen LogP contribution is 2.19. The van der Waals surface area contributed by atoms with Gasteiger partial charge in [-0.1, -0.05) is 18.2 Å². The molecule has 0 N–H and O–H groups in total. The zero-order valence-electron chi connectivity index (χ0n) is 10.4. The molecule has 0 unspecified atom stereocenters. The number of carbonyl (C=O) groups is 1. The van der Waals surface area contributed by atoms with Crippen molar-refractivity contribution in [2.75, 3.05) is 0 Å². The summed E-state index contributed by atoms with van der Waals surface area (Å²) in [6, 6.07) is 11.0. The third kappa shape index (κ3) is 0.912. The number of nitrogens with zero attached hydrogens (tertiary/aromatic N) is 3. The maximum absolute atomic E-state index is 12.5. The average Bonchev–Trinajstić information content (AvgIpc) is 3.11. The Balaban J connectivity index is 1.98. The topological polar surface area (TPSA) is 48.9 Å². The molecule has 0 radical (unpaired) electrons. The molecule has 1 aromatic carbocycles. The molecule has 4 heterocycles. The van der Waals surface area contributed by atoms with Crippen LogP contribution in [0.25, 0.3) is 5.69 Å². The van der Waals surface area contributed by atoms with Gasteiger partial charge in [-0.05, 0) is 17.6 Å². The summed E-state index contributed by atoms with van der Waals surface area (Å²) in [6.07, 6.45) is 3.53. The van der Waals surface area contributed by atoms with Crippen molar-refractivity contribution in [1.82, 2.24) is 13.8 Å². The summed E-state index contributed by atoms with van der Waals surface area (Å²) in [5, 5.41) is 0. The van der Waals surface area contributed by atoms with Crippen LogP contribution in [0.5, 0.6) is 0 Å². The van der Waals surface area contributed by atoms with E-state index in [4.69, 9.17) is 0 Å². The summed E-state index contributed by atoms with van der Waals surface area (Å²) < 4.78 is 5.18. The summed E-state index contributed by atoms with van der Waals surface area (Å²) in [4.78, 5) is 24.5. The first kappa shape index (κ1) is 10.1. The van der Waals surface area contributed by atoms with Crippen molar-refractivity contribution in [2.45, 2.75) is 0 Å². The van der Waals surface area contributed by atoms with Gasteiger partial charge in [-0.2, -0.15) is 0 Å². The zero-order valence-corrected chi connectivity index (χ0v) is 10.4. The molecule has 0 bridgehead atoms. The van der Waals surface area contributed by atoms with E-state index in [0.717, 1.165) is 16.7 Å². The van der Waals surface area contributed by atoms with Crippen LogP contribution in [0.1, 0.15) is 10.4 Å². The van der Waals surface area contributed by atoms with Crippen LogP contribution in [0.15, 0.2) is 53.6 Å². The first-order valence-corrected chi connectivity index (χ1v) is 6.43. The standard InChI is InChI=1S/C14H8BN3O2/c19-12-6-8-17-15-10-4-2-1-3-9(10)14(20)16-7-5-11(13(15)16)18(12)17/h1-8H. The van der Waals surface area contributed by atoms with Crippen LogP contribution in [0.2, 0.25) is 0 Å². The van der Waals surface area contributed by atoms with Gasteiger partial charge in [0, 0.05) is 24.0 Å². The fourth-order valence-electron chi connectivity index (χ4n) is 3.37. The van der Waals surface area contributed by atoms with Crippen molar-refractivity contribution in [3.63, 3.8) is 0 Å². The lowest BCUT2D eigenvalue weighted by atomic mass is 9.51. The quantitative estimate of drug-likeness (QED) is 0.350. The zero-order chi connectivity index (χ0) is 13.4. The number of carbonyl (C=O) groups excluding carboxylic acids is 1. The van der Waals surface area contributed by atoms with Crippen molar-refractivity contribution in [3.05, 3.63) is 64.7 Å². The highest BCUT2D eigenvalue weighted by molar-refractivity contribution is 6.86. The fourth-order valence-corrected chi connectivity index (χ4v) is 3.37. The first-order valence-electron chi connectivity index (χ1n) is 6.43. The molecule has 94 valence electrons. The van der Waals surface area contributed by atoms with Crippen LogP contribution in [-0.2, 0) is 0 Å². The highest BCUT2D eigenvalue weighted by Gasteiger charge is 2.43. The van der Waals surface area contributed by atoms with E-state index in [1.165, 1.54) is 0 Å². The fraction of sp³-hybridized carbons (Fsp3) is 0. The third-order valence-corrected chi connectivity index (χ3v) is 4.17. The molecule has 5 rings (SSSR count). The van der Waals surface area contributed by atoms with E-state index >= 15 is 0 Å². The van der Waals surface area contributed by atoms with Gasteiger partial charge in [0.15, 0.2) is 0 Å². The Morgan fingerprint density at radius 1 is 0.950 bits per heavy atom. The van der Waals surface area contributed by atoms with E-state index in [1.807, 2.05) is 34.9 Å². The van der Waals surface area contributed by atoms with Crippen molar-refractivity contribution >= 4 is 23.8 Å². The van der Waals surface area contributed by atoms with Crippen LogP contribution in [0, 0.1) is 0 Å². The van der Waals surface area contributed by atoms with Gasteiger partial charge in [-0.3, -0.25) is 14.2 Å². The Labute approximate surface area is 113 Å². The summed E-state index contributed by atoms with van der Waals surface area (Å²) in [6.45, 7) is -0.100. The molecule has 0 spiro atoms. The first-order chi connectivity index (χ1) is 9.77. The number of fused-ring (bicyclic) bond motifs is 5. The minimum Gasteiger partial charge on any atom is -0.316 e. The van der Waals surface area contributed by atoms with E-state index in [-0.39, 0.29) is 18.3 Å². The van der Waals surface area contributed by atoms with Gasteiger partial charge in [-0.25, -0.2) is 4.68 Å². The van der Waals surface area contributed by atoms with Crippen molar-refractivity contribution < 1.29 is 4.79 Å². The van der Waals surface area contributed by atoms with Gasteiger partial charge in [0.05, 0.1) is 11.3 Å². The van der Waals surface area contributed by atoms with Crippen LogP contribution < -0.4 is 16.6 Å². The molecule has 0 saturated heterocycles. The Morgan fingerprint density at radius 2 is 1.80 bits per heavy atom. The van der Waals surface area contributed by atoms with E-state index in [2.05, 4.69) is 0 Å². The Bertz CT molecular complexity index is 963. The van der Waals surface area contributed by atoms with Gasteiger partial charge in [0.25, 0.3) is 11.5 Å². The van der Waals surface area contributed by atoms with Crippen LogP contribution >= 0.6 is 0 Å². The average molecular weight is 261 g/mol. The second kappa shape index (κ2) is 3.04. The van der Waals surface area contributed by atoms with Gasteiger partial charge < -0.3 is 4.59 Å². The lowest BCUT2D eigenvalue weighted by molar-refractivity contribution is 0.0963. The molecule has 20 heavy (non-hydrogen) atoms. The molecule has 2 aromatic heterocycles. The third-order valence-electron chi connectivity index (χ3n) is 4.17. The van der Waals surface area contributed by atoms with Gasteiger partial charge in [0.1, 0.15) is 0 Å². The number of rotatable bonds is 0. The second-order valence-electron chi connectivity index (χ2n) is 5.10. The van der Waals surface area contributed by atoms with Gasteiger partial charge >= 0.3 is 6.85 Å². The Hall–Kier alpha value is -2.76. The molecule has 0 amide bonds. The minimum absolute atomic E-state index is 0.0306. The van der Waals surface area contributed by atoms with Gasteiger partial charge in [0.2, 0.25) is 0 Å². The maximum Gasteiger partial charge on any atom is 0.367 e. The smallest absolute Gasteiger partial charge is 0.316 e. The molecule has 0 atom stereocenters. The van der Waals surface area contributed by atoms with E-state index < -0.39 is 0 Å². The molecule has 6 heteroatoms. The van der Waals surface area contributed by atoms with E-state index in [0.29, 0.717) is 5.56 Å². The molecular formula is C14H8BN3O2. The summed E-state index contributed by atoms with van der Waals surface area (Å²) in [7, 11) is 0. The Kier molecular flexibility index (Phi) is 1.53. The normalized spacial score (nSPS) is 14.2. The Morgan fingerprint density at radius 3 is 2.70 bits per heavy atom.